The predicted molar refractivity (Wildman–Crippen MR) is 306 cm³/mol. The number of ether oxygens (including phenoxy) is 3. The number of hydrogen-bond acceptors (Lipinski definition) is 10. The number of carbonyl (C=O) groups excluding carboxylic acids is 3. The molecule has 0 aromatic carbocycles. The summed E-state index contributed by atoms with van der Waals surface area (Å²) in [5.41, 5.74) is 0. The molecular formula is C62H99O11P. The van der Waals surface area contributed by atoms with Crippen LogP contribution in [0.5, 0.6) is 0 Å². The number of esters is 3. The Morgan fingerprint density at radius 2 is 0.662 bits per heavy atom. The zero-order chi connectivity index (χ0) is 54.1. The van der Waals surface area contributed by atoms with E-state index >= 15 is 0 Å². The van der Waals surface area contributed by atoms with Gasteiger partial charge in [0, 0.05) is 19.3 Å². The SMILES string of the molecule is CC/C=C\C/C=C\C/C=C\C/C=C\CCCCCCC(=O)OC(COC(=O)CCCCCCC/C=C\C/C=C\C/C=C\CC)COP(=O)(O)OCC(CO)OC(=O)CCCC/C=C\C/C=C\C/C=C\C/C=C\CC. The van der Waals surface area contributed by atoms with E-state index in [-0.39, 0.29) is 25.9 Å². The number of hydrogen-bond donors (Lipinski definition) is 2. The first-order valence-corrected chi connectivity index (χ1v) is 29.6. The number of aliphatic hydroxyl groups excluding tert-OH is 1. The summed E-state index contributed by atoms with van der Waals surface area (Å²) in [6, 6.07) is 0. The van der Waals surface area contributed by atoms with Crippen LogP contribution in [0.3, 0.4) is 0 Å². The summed E-state index contributed by atoms with van der Waals surface area (Å²) in [7, 11) is -4.78. The van der Waals surface area contributed by atoms with E-state index in [1.807, 2.05) is 0 Å². The highest BCUT2D eigenvalue weighted by Gasteiger charge is 2.28. The average Bonchev–Trinajstić information content (AvgIpc) is 3.39. The fraction of sp³-hybridized carbons (Fsp3) is 0.597. The van der Waals surface area contributed by atoms with Crippen molar-refractivity contribution in [2.24, 2.45) is 0 Å². The second kappa shape index (κ2) is 54.9. The number of aliphatic hydroxyl groups is 1. The van der Waals surface area contributed by atoms with Gasteiger partial charge in [-0.3, -0.25) is 23.4 Å². The molecule has 0 saturated heterocycles. The van der Waals surface area contributed by atoms with Gasteiger partial charge in [-0.1, -0.05) is 187 Å². The van der Waals surface area contributed by atoms with Gasteiger partial charge in [-0.05, 0) is 128 Å². The van der Waals surface area contributed by atoms with Crippen LogP contribution in [0.4, 0.5) is 0 Å². The molecule has 11 nitrogen and oxygen atoms in total. The van der Waals surface area contributed by atoms with E-state index in [4.69, 9.17) is 23.3 Å². The van der Waals surface area contributed by atoms with E-state index in [0.29, 0.717) is 19.3 Å². The van der Waals surface area contributed by atoms with Crippen LogP contribution in [0.25, 0.3) is 0 Å². The monoisotopic (exact) mass is 1050 g/mol. The van der Waals surface area contributed by atoms with Gasteiger partial charge in [-0.2, -0.15) is 0 Å². The Bertz CT molecular complexity index is 1750. The van der Waals surface area contributed by atoms with Crippen molar-refractivity contribution in [3.05, 3.63) is 134 Å². The van der Waals surface area contributed by atoms with Crippen molar-refractivity contribution >= 4 is 25.7 Å². The molecule has 0 heterocycles. The number of allylic oxidation sites excluding steroid dienone is 22. The first-order chi connectivity index (χ1) is 36.2. The number of carbonyl (C=O) groups is 3. The van der Waals surface area contributed by atoms with Crippen LogP contribution in [-0.2, 0) is 42.2 Å². The average molecular weight is 1050 g/mol. The van der Waals surface area contributed by atoms with Gasteiger partial charge >= 0.3 is 25.7 Å². The smallest absolute Gasteiger partial charge is 0.462 e. The van der Waals surface area contributed by atoms with Gasteiger partial charge in [-0.15, -0.1) is 0 Å². The number of unbranched alkanes of at least 4 members (excludes halogenated alkanes) is 11. The van der Waals surface area contributed by atoms with E-state index in [2.05, 4.69) is 154 Å². The minimum absolute atomic E-state index is 0.114. The van der Waals surface area contributed by atoms with Gasteiger partial charge in [0.2, 0.25) is 0 Å². The molecule has 0 aliphatic carbocycles. The summed E-state index contributed by atoms with van der Waals surface area (Å²) < 4.78 is 39.4. The molecule has 3 atom stereocenters. The van der Waals surface area contributed by atoms with E-state index in [1.54, 1.807) is 0 Å². The van der Waals surface area contributed by atoms with Crippen molar-refractivity contribution in [2.45, 2.75) is 213 Å². The van der Waals surface area contributed by atoms with Gasteiger partial charge in [0.25, 0.3) is 0 Å². The van der Waals surface area contributed by atoms with Crippen LogP contribution in [0.2, 0.25) is 0 Å². The molecule has 0 aliphatic heterocycles. The maximum atomic E-state index is 12.9. The maximum Gasteiger partial charge on any atom is 0.472 e. The second-order valence-electron chi connectivity index (χ2n) is 18.0. The Labute approximate surface area is 449 Å². The van der Waals surface area contributed by atoms with E-state index in [9.17, 15) is 28.9 Å². The zero-order valence-electron chi connectivity index (χ0n) is 46.0. The van der Waals surface area contributed by atoms with Crippen LogP contribution in [-0.4, -0.2) is 66.5 Å². The van der Waals surface area contributed by atoms with Crippen molar-refractivity contribution in [1.82, 2.24) is 0 Å². The quantitative estimate of drug-likeness (QED) is 0.0197. The van der Waals surface area contributed by atoms with Crippen LogP contribution in [0.1, 0.15) is 201 Å². The van der Waals surface area contributed by atoms with Crippen LogP contribution in [0.15, 0.2) is 134 Å². The Balaban J connectivity index is 4.86. The number of rotatable bonds is 50. The van der Waals surface area contributed by atoms with Gasteiger partial charge in [0.1, 0.15) is 12.7 Å². The van der Waals surface area contributed by atoms with Crippen molar-refractivity contribution in [3.63, 3.8) is 0 Å². The molecule has 0 fully saturated rings. The third-order valence-electron chi connectivity index (χ3n) is 11.1. The second-order valence-corrected chi connectivity index (χ2v) is 19.4. The molecule has 0 aliphatic rings. The molecule has 0 aromatic rings. The van der Waals surface area contributed by atoms with E-state index in [1.165, 1.54) is 0 Å². The molecular weight excluding hydrogens is 952 g/mol. The van der Waals surface area contributed by atoms with Crippen molar-refractivity contribution < 1.29 is 52.2 Å². The van der Waals surface area contributed by atoms with Gasteiger partial charge in [0.15, 0.2) is 6.10 Å². The lowest BCUT2D eigenvalue weighted by molar-refractivity contribution is -0.161. The summed E-state index contributed by atoms with van der Waals surface area (Å²) in [5, 5.41) is 9.80. The fourth-order valence-corrected chi connectivity index (χ4v) is 7.66. The molecule has 3 unspecified atom stereocenters. The van der Waals surface area contributed by atoms with Gasteiger partial charge in [-0.25, -0.2) is 4.57 Å². The highest BCUT2D eigenvalue weighted by molar-refractivity contribution is 7.47. The lowest BCUT2D eigenvalue weighted by Crippen LogP contribution is -2.30. The molecule has 0 radical (unpaired) electrons. The lowest BCUT2D eigenvalue weighted by Gasteiger charge is -2.21. The molecule has 0 bridgehead atoms. The third kappa shape index (κ3) is 52.5. The van der Waals surface area contributed by atoms with E-state index in [0.717, 1.165) is 141 Å². The number of phosphoric ester groups is 1. The topological polar surface area (TPSA) is 155 Å². The molecule has 0 aromatic heterocycles. The minimum Gasteiger partial charge on any atom is -0.462 e. The third-order valence-corrected chi connectivity index (χ3v) is 12.0. The van der Waals surface area contributed by atoms with Crippen LogP contribution in [0, 0.1) is 0 Å². The molecule has 2 N–H and O–H groups in total. The molecule has 418 valence electrons. The fourth-order valence-electron chi connectivity index (χ4n) is 6.88. The Morgan fingerprint density at radius 3 is 1.04 bits per heavy atom. The van der Waals surface area contributed by atoms with E-state index < -0.39 is 57.8 Å². The van der Waals surface area contributed by atoms with Gasteiger partial charge < -0.3 is 24.2 Å². The van der Waals surface area contributed by atoms with Crippen molar-refractivity contribution in [1.29, 1.82) is 0 Å². The van der Waals surface area contributed by atoms with Crippen molar-refractivity contribution in [2.75, 3.05) is 26.4 Å². The highest BCUT2D eigenvalue weighted by atomic mass is 31.2. The Morgan fingerprint density at radius 1 is 0.378 bits per heavy atom. The maximum absolute atomic E-state index is 12.9. The molecule has 0 amide bonds. The molecule has 0 spiro atoms. The molecule has 0 saturated carbocycles. The minimum atomic E-state index is -4.78. The molecule has 12 heteroatoms. The summed E-state index contributed by atoms with van der Waals surface area (Å²) in [6.07, 6.45) is 68.4. The highest BCUT2D eigenvalue weighted by Crippen LogP contribution is 2.43. The normalized spacial score (nSPS) is 14.4. The Hall–Kier alpha value is -4.38. The number of phosphoric acid groups is 1. The summed E-state index contributed by atoms with van der Waals surface area (Å²) in [4.78, 5) is 48.5. The van der Waals surface area contributed by atoms with Crippen LogP contribution >= 0.6 is 7.82 Å². The zero-order valence-corrected chi connectivity index (χ0v) is 46.9. The molecule has 74 heavy (non-hydrogen) atoms. The first kappa shape index (κ1) is 69.6. The van der Waals surface area contributed by atoms with Gasteiger partial charge in [0.05, 0.1) is 19.8 Å². The largest absolute Gasteiger partial charge is 0.472 e. The summed E-state index contributed by atoms with van der Waals surface area (Å²) >= 11 is 0. The summed E-state index contributed by atoms with van der Waals surface area (Å²) in [6.45, 7) is 4.18. The van der Waals surface area contributed by atoms with Crippen molar-refractivity contribution in [3.8, 4) is 0 Å². The predicted octanol–water partition coefficient (Wildman–Crippen LogP) is 16.6. The first-order valence-electron chi connectivity index (χ1n) is 28.1. The summed E-state index contributed by atoms with van der Waals surface area (Å²) in [5.74, 6) is -1.57. The molecule has 0 rings (SSSR count). The van der Waals surface area contributed by atoms with Crippen LogP contribution < -0.4 is 0 Å². The lowest BCUT2D eigenvalue weighted by atomic mass is 10.1. The Kier molecular flexibility index (Phi) is 51.6. The standard InChI is InChI=1S/C62H99O11P/c1-4-7-10-13-16-19-22-25-28-29-32-35-38-41-44-47-50-53-62(66)73-59(55-69-60(64)51-48-45-42-39-36-33-30-26-23-20-17-14-11-8-5-2)57-71-74(67,68)70-56-58(54-63)72-61(65)52-49-46-43-40-37-34-31-27-24-21-18-15-12-9-6-3/h7-12,16-21,25-28,30-32,35,37,40,58-59,63H,4-6,13-15,22-24,29,33-34,36,38-39,41-57H2,1-3H3,(H,67,68)/b10-7-,11-8-,12-9-,19-16-,20-17-,21-18-,28-25-,30-26-,31-27-,35-32-,40-37-.